The van der Waals surface area contributed by atoms with E-state index in [0.717, 1.165) is 29.9 Å². The van der Waals surface area contributed by atoms with E-state index >= 15 is 0 Å². The maximum Gasteiger partial charge on any atom is 0.389 e. The molecule has 1 heterocycles. The van der Waals surface area contributed by atoms with Gasteiger partial charge in [-0.3, -0.25) is 4.98 Å². The zero-order chi connectivity index (χ0) is 15.2. The minimum absolute atomic E-state index is 0.0299. The molecule has 5 heteroatoms. The van der Waals surface area contributed by atoms with Crippen LogP contribution in [0.25, 0.3) is 0 Å². The third-order valence-corrected chi connectivity index (χ3v) is 3.10. The number of nitrogens with one attached hydrogen (secondary N) is 1. The van der Waals surface area contributed by atoms with E-state index < -0.39 is 12.6 Å². The summed E-state index contributed by atoms with van der Waals surface area (Å²) in [5, 5.41) is 3.33. The van der Waals surface area contributed by atoms with Crippen LogP contribution >= 0.6 is 0 Å². The molecule has 1 rings (SSSR count). The summed E-state index contributed by atoms with van der Waals surface area (Å²) in [6.45, 7) is 6.66. The molecule has 0 saturated carbocycles. The second-order valence-corrected chi connectivity index (χ2v) is 5.20. The Morgan fingerprint density at radius 3 is 2.30 bits per heavy atom. The summed E-state index contributed by atoms with van der Waals surface area (Å²) in [5.74, 6) is 0. The van der Waals surface area contributed by atoms with Gasteiger partial charge in [0.25, 0.3) is 0 Å². The van der Waals surface area contributed by atoms with Gasteiger partial charge in [-0.05, 0) is 57.4 Å². The van der Waals surface area contributed by atoms with E-state index in [2.05, 4.69) is 10.3 Å². The summed E-state index contributed by atoms with van der Waals surface area (Å²) in [6.07, 6.45) is -3.20. The molecule has 0 saturated heterocycles. The number of pyridine rings is 1. The van der Waals surface area contributed by atoms with E-state index in [-0.39, 0.29) is 12.5 Å². The Morgan fingerprint density at radius 1 is 1.20 bits per heavy atom. The van der Waals surface area contributed by atoms with Crippen molar-refractivity contribution in [3.63, 3.8) is 0 Å². The molecule has 0 amide bonds. The molecule has 0 fully saturated rings. The van der Waals surface area contributed by atoms with E-state index in [1.54, 1.807) is 0 Å². The van der Waals surface area contributed by atoms with Gasteiger partial charge in [0.2, 0.25) is 0 Å². The van der Waals surface area contributed by atoms with Crippen LogP contribution in [0.2, 0.25) is 0 Å². The number of hydrogen-bond donors (Lipinski definition) is 1. The average molecular weight is 288 g/mol. The van der Waals surface area contributed by atoms with Gasteiger partial charge in [-0.2, -0.15) is 13.2 Å². The molecule has 0 aliphatic rings. The Kier molecular flexibility index (Phi) is 6.46. The fourth-order valence-corrected chi connectivity index (χ4v) is 2.28. The summed E-state index contributed by atoms with van der Waals surface area (Å²) in [5.41, 5.74) is 2.84. The highest BCUT2D eigenvalue weighted by atomic mass is 19.4. The number of nitrogens with zero attached hydrogens (tertiary/aromatic N) is 1. The Labute approximate surface area is 118 Å². The van der Waals surface area contributed by atoms with Crippen molar-refractivity contribution in [2.75, 3.05) is 6.54 Å². The van der Waals surface area contributed by atoms with Crippen LogP contribution in [0.5, 0.6) is 0 Å². The average Bonchev–Trinajstić information content (AvgIpc) is 2.30. The highest BCUT2D eigenvalue weighted by Crippen LogP contribution is 2.26. The van der Waals surface area contributed by atoms with Gasteiger partial charge in [-0.25, -0.2) is 0 Å². The summed E-state index contributed by atoms with van der Waals surface area (Å²) in [4.78, 5) is 4.31. The smallest absolute Gasteiger partial charge is 0.310 e. The van der Waals surface area contributed by atoms with Gasteiger partial charge in [0, 0.05) is 23.9 Å². The first-order valence-corrected chi connectivity index (χ1v) is 7.07. The third kappa shape index (κ3) is 6.37. The highest BCUT2D eigenvalue weighted by molar-refractivity contribution is 5.23. The number of alkyl halides is 3. The lowest BCUT2D eigenvalue weighted by Crippen LogP contribution is -2.23. The van der Waals surface area contributed by atoms with Crippen molar-refractivity contribution < 1.29 is 13.2 Å². The molecule has 2 nitrogen and oxygen atoms in total. The lowest BCUT2D eigenvalue weighted by molar-refractivity contribution is -0.135. The van der Waals surface area contributed by atoms with Crippen LogP contribution < -0.4 is 5.32 Å². The van der Waals surface area contributed by atoms with Crippen LogP contribution in [0.3, 0.4) is 0 Å². The molecule has 0 aromatic carbocycles. The predicted molar refractivity (Wildman–Crippen MR) is 74.7 cm³/mol. The minimum atomic E-state index is -4.07. The number of aromatic nitrogens is 1. The maximum absolute atomic E-state index is 12.3. The minimum Gasteiger partial charge on any atom is -0.310 e. The predicted octanol–water partition coefficient (Wildman–Crippen LogP) is 4.47. The number of halogens is 3. The standard InChI is InChI=1S/C15H23F3N2/c1-4-8-19-14(6-5-7-15(16,17)18)13-9-11(2)20-12(3)10-13/h9-10,14,19H,4-8H2,1-3H3. The van der Waals surface area contributed by atoms with Gasteiger partial charge in [-0.1, -0.05) is 6.92 Å². The molecule has 1 atom stereocenters. The van der Waals surface area contributed by atoms with Gasteiger partial charge < -0.3 is 5.32 Å². The zero-order valence-corrected chi connectivity index (χ0v) is 12.3. The first-order valence-electron chi connectivity index (χ1n) is 7.07. The Hall–Kier alpha value is -1.10. The molecule has 1 aromatic rings. The highest BCUT2D eigenvalue weighted by Gasteiger charge is 2.26. The van der Waals surface area contributed by atoms with Crippen molar-refractivity contribution in [1.82, 2.24) is 10.3 Å². The lowest BCUT2D eigenvalue weighted by atomic mass is 10.00. The summed E-state index contributed by atoms with van der Waals surface area (Å²) < 4.78 is 36.8. The molecule has 1 aromatic heterocycles. The van der Waals surface area contributed by atoms with E-state index in [9.17, 15) is 13.2 Å². The van der Waals surface area contributed by atoms with E-state index in [4.69, 9.17) is 0 Å². The Morgan fingerprint density at radius 2 is 1.80 bits per heavy atom. The monoisotopic (exact) mass is 288 g/mol. The lowest BCUT2D eigenvalue weighted by Gasteiger charge is -2.20. The van der Waals surface area contributed by atoms with Crippen molar-refractivity contribution in [2.45, 2.75) is 58.7 Å². The number of rotatable bonds is 7. The molecule has 0 spiro atoms. The van der Waals surface area contributed by atoms with E-state index in [0.29, 0.717) is 6.42 Å². The molecular formula is C15H23F3N2. The molecule has 1 N–H and O–H groups in total. The van der Waals surface area contributed by atoms with Gasteiger partial charge >= 0.3 is 6.18 Å². The van der Waals surface area contributed by atoms with Crippen molar-refractivity contribution in [2.24, 2.45) is 0 Å². The van der Waals surface area contributed by atoms with Crippen molar-refractivity contribution in [3.05, 3.63) is 29.1 Å². The van der Waals surface area contributed by atoms with Crippen molar-refractivity contribution >= 4 is 0 Å². The molecule has 20 heavy (non-hydrogen) atoms. The Balaban J connectivity index is 2.72. The maximum atomic E-state index is 12.3. The van der Waals surface area contributed by atoms with Crippen molar-refractivity contribution in [3.8, 4) is 0 Å². The van der Waals surface area contributed by atoms with Gasteiger partial charge in [-0.15, -0.1) is 0 Å². The van der Waals surface area contributed by atoms with Gasteiger partial charge in [0.15, 0.2) is 0 Å². The van der Waals surface area contributed by atoms with Crippen molar-refractivity contribution in [1.29, 1.82) is 0 Å². The fraction of sp³-hybridized carbons (Fsp3) is 0.667. The van der Waals surface area contributed by atoms with Gasteiger partial charge in [0.05, 0.1) is 0 Å². The molecule has 1 unspecified atom stereocenters. The molecule has 0 radical (unpaired) electrons. The number of aryl methyl sites for hydroxylation is 2. The van der Waals surface area contributed by atoms with Crippen LogP contribution in [0, 0.1) is 13.8 Å². The second-order valence-electron chi connectivity index (χ2n) is 5.20. The number of hydrogen-bond acceptors (Lipinski definition) is 2. The summed E-state index contributed by atoms with van der Waals surface area (Å²) >= 11 is 0. The summed E-state index contributed by atoms with van der Waals surface area (Å²) in [7, 11) is 0. The topological polar surface area (TPSA) is 24.9 Å². The summed E-state index contributed by atoms with van der Waals surface area (Å²) in [6, 6.07) is 3.87. The largest absolute Gasteiger partial charge is 0.389 e. The second kappa shape index (κ2) is 7.62. The molecule has 114 valence electrons. The van der Waals surface area contributed by atoms with Crippen LogP contribution in [-0.2, 0) is 0 Å². The van der Waals surface area contributed by atoms with Gasteiger partial charge in [0.1, 0.15) is 0 Å². The molecular weight excluding hydrogens is 265 g/mol. The normalized spacial score (nSPS) is 13.5. The quantitative estimate of drug-likeness (QED) is 0.800. The SMILES string of the molecule is CCCNC(CCCC(F)(F)F)c1cc(C)nc(C)c1. The molecule has 0 bridgehead atoms. The van der Waals surface area contributed by atoms with Crippen LogP contribution in [-0.4, -0.2) is 17.7 Å². The van der Waals surface area contributed by atoms with E-state index in [1.807, 2.05) is 32.9 Å². The van der Waals surface area contributed by atoms with Crippen LogP contribution in [0.15, 0.2) is 12.1 Å². The molecule has 0 aliphatic heterocycles. The van der Waals surface area contributed by atoms with Crippen LogP contribution in [0.4, 0.5) is 13.2 Å². The fourth-order valence-electron chi connectivity index (χ4n) is 2.28. The zero-order valence-electron chi connectivity index (χ0n) is 12.3. The first-order chi connectivity index (χ1) is 9.31. The third-order valence-electron chi connectivity index (χ3n) is 3.10. The first kappa shape index (κ1) is 17.0. The van der Waals surface area contributed by atoms with Crippen LogP contribution in [0.1, 0.15) is 55.6 Å². The van der Waals surface area contributed by atoms with E-state index in [1.165, 1.54) is 0 Å². The Bertz CT molecular complexity index is 396. The molecule has 0 aliphatic carbocycles.